The predicted octanol–water partition coefficient (Wildman–Crippen LogP) is 4.05. The fraction of sp³-hybridized carbons (Fsp3) is 0.625. The van der Waals surface area contributed by atoms with Crippen LogP contribution in [0.4, 0.5) is 0 Å². The summed E-state index contributed by atoms with van der Waals surface area (Å²) in [6.45, 7) is 13.0. The summed E-state index contributed by atoms with van der Waals surface area (Å²) in [5.41, 5.74) is 3.12. The summed E-state index contributed by atoms with van der Waals surface area (Å²) < 4.78 is 0. The van der Waals surface area contributed by atoms with E-state index in [9.17, 15) is 5.11 Å². The Labute approximate surface area is 113 Å². The van der Waals surface area contributed by atoms with Crippen molar-refractivity contribution in [2.45, 2.75) is 65.1 Å². The van der Waals surface area contributed by atoms with Crippen molar-refractivity contribution in [2.75, 3.05) is 0 Å². The SMILES string of the molecule is [B]Cc1cc(C(C)(C)C)cc(C(C)(C)CC)c1O. The van der Waals surface area contributed by atoms with Gasteiger partial charge in [-0.2, -0.15) is 0 Å². The maximum Gasteiger partial charge on any atom is 0.121 e. The molecule has 1 aromatic carbocycles. The molecule has 1 aromatic rings. The fourth-order valence-corrected chi connectivity index (χ4v) is 1.99. The molecule has 18 heavy (non-hydrogen) atoms. The molecule has 0 saturated heterocycles. The first kappa shape index (κ1) is 15.1. The second kappa shape index (κ2) is 4.99. The van der Waals surface area contributed by atoms with E-state index in [4.69, 9.17) is 7.85 Å². The fourth-order valence-electron chi connectivity index (χ4n) is 1.99. The number of rotatable bonds is 3. The second-order valence-corrected chi connectivity index (χ2v) is 6.72. The lowest BCUT2D eigenvalue weighted by atomic mass is 9.75. The topological polar surface area (TPSA) is 20.2 Å². The summed E-state index contributed by atoms with van der Waals surface area (Å²) in [7, 11) is 5.76. The van der Waals surface area contributed by atoms with E-state index < -0.39 is 0 Å². The molecule has 0 amide bonds. The first-order valence-electron chi connectivity index (χ1n) is 6.70. The average molecular weight is 244 g/mol. The Kier molecular flexibility index (Phi) is 4.20. The van der Waals surface area contributed by atoms with Gasteiger partial charge in [0, 0.05) is 5.56 Å². The Hall–Kier alpha value is -0.915. The Morgan fingerprint density at radius 1 is 1.11 bits per heavy atom. The van der Waals surface area contributed by atoms with Gasteiger partial charge in [-0.15, -0.1) is 0 Å². The van der Waals surface area contributed by atoms with Crippen LogP contribution in [0.1, 0.15) is 64.7 Å². The van der Waals surface area contributed by atoms with Gasteiger partial charge in [0.25, 0.3) is 0 Å². The van der Waals surface area contributed by atoms with Gasteiger partial charge in [0.2, 0.25) is 0 Å². The molecule has 0 unspecified atom stereocenters. The van der Waals surface area contributed by atoms with Gasteiger partial charge < -0.3 is 5.11 Å². The lowest BCUT2D eigenvalue weighted by Crippen LogP contribution is -2.19. The minimum absolute atomic E-state index is 0.0325. The van der Waals surface area contributed by atoms with Crippen LogP contribution < -0.4 is 0 Å². The lowest BCUT2D eigenvalue weighted by Gasteiger charge is -2.29. The molecule has 0 bridgehead atoms. The van der Waals surface area contributed by atoms with Crippen molar-refractivity contribution < 1.29 is 5.11 Å². The standard InChI is InChI=1S/C16H25BO/c1-7-16(5,6)13-9-12(15(2,3)4)8-11(10-17)14(13)18/h8-9,18H,7,10H2,1-6H3. The van der Waals surface area contributed by atoms with Crippen molar-refractivity contribution in [1.82, 2.24) is 0 Å². The summed E-state index contributed by atoms with van der Waals surface area (Å²) in [4.78, 5) is 0. The Morgan fingerprint density at radius 2 is 1.67 bits per heavy atom. The van der Waals surface area contributed by atoms with Crippen molar-refractivity contribution in [3.8, 4) is 5.75 Å². The minimum Gasteiger partial charge on any atom is -0.507 e. The van der Waals surface area contributed by atoms with Gasteiger partial charge >= 0.3 is 0 Å². The van der Waals surface area contributed by atoms with E-state index >= 15 is 0 Å². The summed E-state index contributed by atoms with van der Waals surface area (Å²) >= 11 is 0. The largest absolute Gasteiger partial charge is 0.507 e. The van der Waals surface area contributed by atoms with Gasteiger partial charge in [-0.1, -0.05) is 60.0 Å². The summed E-state index contributed by atoms with van der Waals surface area (Å²) in [5, 5.41) is 10.4. The number of benzene rings is 1. The molecule has 1 N–H and O–H groups in total. The Balaban J connectivity index is 3.51. The molecule has 0 aliphatic carbocycles. The summed E-state index contributed by atoms with van der Waals surface area (Å²) in [6.07, 6.45) is 1.36. The van der Waals surface area contributed by atoms with E-state index in [1.807, 2.05) is 6.07 Å². The van der Waals surface area contributed by atoms with Crippen molar-refractivity contribution in [3.05, 3.63) is 28.8 Å². The summed E-state index contributed by atoms with van der Waals surface area (Å²) in [5.74, 6) is 0.373. The Morgan fingerprint density at radius 3 is 2.06 bits per heavy atom. The van der Waals surface area contributed by atoms with Crippen LogP contribution >= 0.6 is 0 Å². The average Bonchev–Trinajstić information content (AvgIpc) is 2.27. The predicted molar refractivity (Wildman–Crippen MR) is 79.6 cm³/mol. The quantitative estimate of drug-likeness (QED) is 0.795. The van der Waals surface area contributed by atoms with Crippen molar-refractivity contribution in [2.24, 2.45) is 0 Å². The van der Waals surface area contributed by atoms with E-state index in [1.165, 1.54) is 5.56 Å². The molecule has 98 valence electrons. The zero-order valence-corrected chi connectivity index (χ0v) is 12.6. The molecule has 0 aromatic heterocycles. The number of hydrogen-bond donors (Lipinski definition) is 1. The highest BCUT2D eigenvalue weighted by Gasteiger charge is 2.26. The molecule has 0 aliphatic heterocycles. The molecule has 0 aliphatic rings. The van der Waals surface area contributed by atoms with Gasteiger partial charge in [0.15, 0.2) is 0 Å². The van der Waals surface area contributed by atoms with Gasteiger partial charge in [0.1, 0.15) is 5.75 Å². The van der Waals surface area contributed by atoms with Gasteiger partial charge in [-0.05, 0) is 28.4 Å². The van der Waals surface area contributed by atoms with Crippen LogP contribution in [0.25, 0.3) is 0 Å². The molecule has 0 spiro atoms. The molecule has 2 heteroatoms. The zero-order valence-electron chi connectivity index (χ0n) is 12.6. The number of aromatic hydroxyl groups is 1. The van der Waals surface area contributed by atoms with E-state index in [1.54, 1.807) is 0 Å². The number of phenols is 1. The van der Waals surface area contributed by atoms with Gasteiger partial charge in [-0.25, -0.2) is 0 Å². The third-order valence-electron chi connectivity index (χ3n) is 3.89. The van der Waals surface area contributed by atoms with Crippen LogP contribution in [0.3, 0.4) is 0 Å². The van der Waals surface area contributed by atoms with Crippen LogP contribution in [-0.2, 0) is 17.2 Å². The molecular weight excluding hydrogens is 219 g/mol. The van der Waals surface area contributed by atoms with Crippen LogP contribution in [0.5, 0.6) is 5.75 Å². The first-order valence-corrected chi connectivity index (χ1v) is 6.70. The van der Waals surface area contributed by atoms with E-state index in [0.29, 0.717) is 12.1 Å². The van der Waals surface area contributed by atoms with E-state index in [0.717, 1.165) is 17.5 Å². The molecule has 1 rings (SSSR count). The van der Waals surface area contributed by atoms with Gasteiger partial charge in [-0.3, -0.25) is 0 Å². The zero-order chi connectivity index (χ0) is 14.1. The lowest BCUT2D eigenvalue weighted by molar-refractivity contribution is 0.423. The molecule has 0 saturated carbocycles. The molecule has 0 atom stereocenters. The van der Waals surface area contributed by atoms with Crippen LogP contribution in [-0.4, -0.2) is 13.0 Å². The first-order chi connectivity index (χ1) is 8.13. The van der Waals surface area contributed by atoms with E-state index in [-0.39, 0.29) is 10.8 Å². The second-order valence-electron chi connectivity index (χ2n) is 6.72. The molecule has 0 heterocycles. The van der Waals surface area contributed by atoms with Crippen molar-refractivity contribution in [1.29, 1.82) is 0 Å². The highest BCUT2D eigenvalue weighted by molar-refractivity contribution is 6.08. The third kappa shape index (κ3) is 2.91. The molecule has 1 nitrogen and oxygen atoms in total. The smallest absolute Gasteiger partial charge is 0.121 e. The maximum absolute atomic E-state index is 10.4. The molecule has 2 radical (unpaired) electrons. The highest BCUT2D eigenvalue weighted by atomic mass is 16.3. The molecule has 0 fully saturated rings. The molecular formula is C16H25BO. The normalized spacial score (nSPS) is 12.8. The third-order valence-corrected chi connectivity index (χ3v) is 3.89. The number of phenolic OH excluding ortho intramolecular Hbond substituents is 1. The number of hydrogen-bond acceptors (Lipinski definition) is 1. The van der Waals surface area contributed by atoms with Crippen LogP contribution in [0.15, 0.2) is 12.1 Å². The van der Waals surface area contributed by atoms with Crippen LogP contribution in [0.2, 0.25) is 0 Å². The summed E-state index contributed by atoms with van der Waals surface area (Å²) in [6, 6.07) is 4.17. The van der Waals surface area contributed by atoms with E-state index in [2.05, 4.69) is 47.6 Å². The Bertz CT molecular complexity index is 427. The highest BCUT2D eigenvalue weighted by Crippen LogP contribution is 2.39. The minimum atomic E-state index is -0.0325. The monoisotopic (exact) mass is 244 g/mol. The van der Waals surface area contributed by atoms with Crippen molar-refractivity contribution in [3.63, 3.8) is 0 Å². The van der Waals surface area contributed by atoms with Gasteiger partial charge in [0.05, 0.1) is 7.85 Å². The maximum atomic E-state index is 10.4. The van der Waals surface area contributed by atoms with Crippen LogP contribution in [0, 0.1) is 0 Å². The van der Waals surface area contributed by atoms with Crippen molar-refractivity contribution >= 4 is 7.85 Å².